The summed E-state index contributed by atoms with van der Waals surface area (Å²) in [6.45, 7) is 0.205. The van der Waals surface area contributed by atoms with Gasteiger partial charge in [0.1, 0.15) is 0 Å². The minimum absolute atomic E-state index is 0.205. The number of aromatic amines is 2. The Morgan fingerprint density at radius 2 is 2.24 bits per heavy atom. The van der Waals surface area contributed by atoms with Gasteiger partial charge in [-0.15, -0.1) is 10.2 Å². The van der Waals surface area contributed by atoms with Gasteiger partial charge in [0.05, 0.1) is 12.6 Å². The highest BCUT2D eigenvalue weighted by molar-refractivity contribution is 5.86. The molecule has 0 unspecified atom stereocenters. The average molecular weight is 285 g/mol. The Kier molecular flexibility index (Phi) is 3.61. The number of carbonyl (C=O) groups is 1. The Labute approximate surface area is 120 Å². The maximum absolute atomic E-state index is 12.0. The Morgan fingerprint density at radius 3 is 3.05 bits per heavy atom. The van der Waals surface area contributed by atoms with E-state index >= 15 is 0 Å². The number of tetrazole rings is 1. The highest BCUT2D eigenvalue weighted by atomic mass is 16.2. The number of amides is 1. The molecule has 2 heterocycles. The zero-order valence-electron chi connectivity index (χ0n) is 11.2. The molecule has 3 aromatic rings. The number of hydrogen-bond acceptors (Lipinski definition) is 5. The first-order valence-electron chi connectivity index (χ1n) is 6.54. The molecule has 108 valence electrons. The van der Waals surface area contributed by atoms with Gasteiger partial charge in [-0.3, -0.25) is 4.79 Å². The maximum atomic E-state index is 12.0. The molecule has 5 N–H and O–H groups in total. The number of nitrogens with two attached hydrogens (primary N) is 1. The molecule has 0 spiro atoms. The number of nitrogens with zero attached hydrogens (tertiary/aromatic N) is 3. The lowest BCUT2D eigenvalue weighted by Gasteiger charge is -2.10. The second-order valence-corrected chi connectivity index (χ2v) is 4.72. The van der Waals surface area contributed by atoms with E-state index in [4.69, 9.17) is 5.73 Å². The molecule has 1 aromatic carbocycles. The fourth-order valence-corrected chi connectivity index (χ4v) is 2.18. The Bertz CT molecular complexity index is 734. The molecule has 0 fully saturated rings. The van der Waals surface area contributed by atoms with Crippen LogP contribution in [0.15, 0.2) is 30.5 Å². The molecule has 0 radical (unpaired) electrons. The largest absolute Gasteiger partial charge is 0.361 e. The predicted molar refractivity (Wildman–Crippen MR) is 76.0 cm³/mol. The Hall–Kier alpha value is -2.74. The van der Waals surface area contributed by atoms with E-state index in [1.165, 1.54) is 0 Å². The third kappa shape index (κ3) is 2.90. The van der Waals surface area contributed by atoms with E-state index in [9.17, 15) is 4.79 Å². The van der Waals surface area contributed by atoms with Crippen LogP contribution in [0.3, 0.4) is 0 Å². The van der Waals surface area contributed by atoms with Crippen LogP contribution >= 0.6 is 0 Å². The van der Waals surface area contributed by atoms with Crippen LogP contribution in [0, 0.1) is 0 Å². The van der Waals surface area contributed by atoms with Crippen LogP contribution in [-0.2, 0) is 17.8 Å². The van der Waals surface area contributed by atoms with Crippen LogP contribution in [-0.4, -0.2) is 37.6 Å². The average Bonchev–Trinajstić information content (AvgIpc) is 3.15. The molecule has 8 heteroatoms. The highest BCUT2D eigenvalue weighted by Crippen LogP contribution is 2.18. The molecule has 8 nitrogen and oxygen atoms in total. The number of rotatable bonds is 5. The summed E-state index contributed by atoms with van der Waals surface area (Å²) in [5.74, 6) is 0.174. The molecule has 1 amide bonds. The SMILES string of the molecule is N[C@H](Cc1c[nH]c2ccccc12)C(=O)NCc1nn[nH]n1. The Morgan fingerprint density at radius 1 is 1.38 bits per heavy atom. The van der Waals surface area contributed by atoms with Crippen LogP contribution < -0.4 is 11.1 Å². The highest BCUT2D eigenvalue weighted by Gasteiger charge is 2.16. The second-order valence-electron chi connectivity index (χ2n) is 4.72. The smallest absolute Gasteiger partial charge is 0.237 e. The third-order valence-corrected chi connectivity index (χ3v) is 3.26. The van der Waals surface area contributed by atoms with Gasteiger partial charge in [-0.05, 0) is 18.1 Å². The summed E-state index contributed by atoms with van der Waals surface area (Å²) in [6, 6.07) is 7.28. The van der Waals surface area contributed by atoms with Crippen LogP contribution in [0.5, 0.6) is 0 Å². The monoisotopic (exact) mass is 285 g/mol. The van der Waals surface area contributed by atoms with Crippen LogP contribution in [0.1, 0.15) is 11.4 Å². The fourth-order valence-electron chi connectivity index (χ4n) is 2.18. The zero-order valence-corrected chi connectivity index (χ0v) is 11.2. The summed E-state index contributed by atoms with van der Waals surface area (Å²) < 4.78 is 0. The molecule has 0 aliphatic carbocycles. The first-order chi connectivity index (χ1) is 10.2. The Balaban J connectivity index is 1.62. The van der Waals surface area contributed by atoms with Crippen molar-refractivity contribution >= 4 is 16.8 Å². The van der Waals surface area contributed by atoms with Gasteiger partial charge in [-0.25, -0.2) is 0 Å². The van der Waals surface area contributed by atoms with Crippen molar-refractivity contribution in [2.45, 2.75) is 19.0 Å². The van der Waals surface area contributed by atoms with E-state index in [-0.39, 0.29) is 12.5 Å². The van der Waals surface area contributed by atoms with Crippen molar-refractivity contribution < 1.29 is 4.79 Å². The summed E-state index contributed by atoms with van der Waals surface area (Å²) >= 11 is 0. The van der Waals surface area contributed by atoms with Crippen LogP contribution in [0.2, 0.25) is 0 Å². The van der Waals surface area contributed by atoms with Gasteiger partial charge >= 0.3 is 0 Å². The quantitative estimate of drug-likeness (QED) is 0.519. The zero-order chi connectivity index (χ0) is 14.7. The molecule has 21 heavy (non-hydrogen) atoms. The number of para-hydroxylation sites is 1. The van der Waals surface area contributed by atoms with Gasteiger partial charge in [0.15, 0.2) is 5.82 Å². The molecule has 2 aromatic heterocycles. The van der Waals surface area contributed by atoms with E-state index in [1.807, 2.05) is 30.5 Å². The molecule has 0 saturated heterocycles. The van der Waals surface area contributed by atoms with Crippen molar-refractivity contribution in [3.63, 3.8) is 0 Å². The van der Waals surface area contributed by atoms with Gasteiger partial charge in [0, 0.05) is 17.1 Å². The first-order valence-corrected chi connectivity index (χ1v) is 6.54. The molecule has 0 saturated carbocycles. The number of aromatic nitrogens is 5. The van der Waals surface area contributed by atoms with Crippen molar-refractivity contribution in [1.29, 1.82) is 0 Å². The number of fused-ring (bicyclic) bond motifs is 1. The van der Waals surface area contributed by atoms with Crippen molar-refractivity contribution in [1.82, 2.24) is 30.9 Å². The van der Waals surface area contributed by atoms with Crippen LogP contribution in [0.4, 0.5) is 0 Å². The van der Waals surface area contributed by atoms with E-state index in [2.05, 4.69) is 30.9 Å². The molecule has 0 aliphatic rings. The van der Waals surface area contributed by atoms with Crippen molar-refractivity contribution in [2.75, 3.05) is 0 Å². The fraction of sp³-hybridized carbons (Fsp3) is 0.231. The lowest BCUT2D eigenvalue weighted by molar-refractivity contribution is -0.122. The number of H-pyrrole nitrogens is 2. The predicted octanol–water partition coefficient (Wildman–Crippen LogP) is -0.133. The van der Waals surface area contributed by atoms with Crippen molar-refractivity contribution in [3.05, 3.63) is 41.9 Å². The molecular weight excluding hydrogens is 270 g/mol. The van der Waals surface area contributed by atoms with E-state index < -0.39 is 6.04 Å². The second kappa shape index (κ2) is 5.71. The molecule has 0 bridgehead atoms. The summed E-state index contributed by atoms with van der Waals surface area (Å²) in [7, 11) is 0. The maximum Gasteiger partial charge on any atom is 0.237 e. The summed E-state index contributed by atoms with van der Waals surface area (Å²) in [5.41, 5.74) is 8.00. The summed E-state index contributed by atoms with van der Waals surface area (Å²) in [6.07, 6.45) is 2.35. The van der Waals surface area contributed by atoms with Crippen LogP contribution in [0.25, 0.3) is 10.9 Å². The van der Waals surface area contributed by atoms with E-state index in [1.54, 1.807) is 0 Å². The minimum atomic E-state index is -0.629. The standard InChI is InChI=1S/C13H15N7O/c14-10(13(21)16-7-12-17-19-20-18-12)5-8-6-15-11-4-2-1-3-9(8)11/h1-4,6,10,15H,5,7,14H2,(H,16,21)(H,17,18,19,20)/t10-/m1/s1. The van der Waals surface area contributed by atoms with Gasteiger partial charge < -0.3 is 16.0 Å². The van der Waals surface area contributed by atoms with E-state index in [0.29, 0.717) is 12.2 Å². The molecule has 0 aliphatic heterocycles. The van der Waals surface area contributed by atoms with Crippen molar-refractivity contribution in [2.24, 2.45) is 5.73 Å². The van der Waals surface area contributed by atoms with Gasteiger partial charge in [-0.1, -0.05) is 23.4 Å². The lowest BCUT2D eigenvalue weighted by Crippen LogP contribution is -2.41. The van der Waals surface area contributed by atoms with Gasteiger partial charge in [0.25, 0.3) is 0 Å². The number of nitrogens with one attached hydrogen (secondary N) is 3. The number of carbonyl (C=O) groups excluding carboxylic acids is 1. The normalized spacial score (nSPS) is 12.4. The van der Waals surface area contributed by atoms with Gasteiger partial charge in [-0.2, -0.15) is 5.21 Å². The molecular formula is C13H15N7O. The number of benzene rings is 1. The van der Waals surface area contributed by atoms with Crippen molar-refractivity contribution in [3.8, 4) is 0 Å². The minimum Gasteiger partial charge on any atom is -0.361 e. The molecule has 1 atom stereocenters. The van der Waals surface area contributed by atoms with Gasteiger partial charge in [0.2, 0.25) is 5.91 Å². The summed E-state index contributed by atoms with van der Waals surface area (Å²) in [4.78, 5) is 15.1. The number of hydrogen-bond donors (Lipinski definition) is 4. The third-order valence-electron chi connectivity index (χ3n) is 3.26. The first kappa shape index (κ1) is 13.3. The topological polar surface area (TPSA) is 125 Å². The molecule has 3 rings (SSSR count). The lowest BCUT2D eigenvalue weighted by atomic mass is 10.1. The summed E-state index contributed by atoms with van der Waals surface area (Å²) in [5, 5.41) is 17.0. The van der Waals surface area contributed by atoms with E-state index in [0.717, 1.165) is 16.5 Å².